The van der Waals surface area contributed by atoms with Gasteiger partial charge in [0.05, 0.1) is 0 Å². The van der Waals surface area contributed by atoms with E-state index in [0.29, 0.717) is 0 Å². The molecule has 1 unspecified atom stereocenters. The van der Waals surface area contributed by atoms with E-state index in [2.05, 4.69) is 4.72 Å². The molecule has 9 heteroatoms. The zero-order valence-electron chi connectivity index (χ0n) is 11.1. The van der Waals surface area contributed by atoms with E-state index in [0.717, 1.165) is 6.07 Å². The van der Waals surface area contributed by atoms with Crippen molar-refractivity contribution < 1.29 is 22.4 Å². The molecule has 1 aliphatic rings. The van der Waals surface area contributed by atoms with Crippen LogP contribution in [-0.2, 0) is 19.6 Å². The first kappa shape index (κ1) is 15.4. The fourth-order valence-corrected chi connectivity index (χ4v) is 3.43. The number of aryl methyl sites for hydroxylation is 1. The second-order valence-corrected chi connectivity index (χ2v) is 6.46. The highest BCUT2D eigenvalue weighted by molar-refractivity contribution is 7.89. The van der Waals surface area contributed by atoms with Crippen LogP contribution in [0.25, 0.3) is 0 Å². The predicted octanol–water partition coefficient (Wildman–Crippen LogP) is -0.200. The van der Waals surface area contributed by atoms with Gasteiger partial charge in [0.2, 0.25) is 21.8 Å². The summed E-state index contributed by atoms with van der Waals surface area (Å²) in [5, 5.41) is 2.02. The number of rotatable bonds is 3. The second kappa shape index (κ2) is 5.41. The number of amides is 2. The summed E-state index contributed by atoms with van der Waals surface area (Å²) in [6.45, 7) is 1.39. The lowest BCUT2D eigenvalue weighted by Crippen LogP contribution is -2.52. The third kappa shape index (κ3) is 3.19. The molecule has 1 atom stereocenters. The predicted molar refractivity (Wildman–Crippen MR) is 72.0 cm³/mol. The number of hydrogen-bond acceptors (Lipinski definition) is 5. The van der Waals surface area contributed by atoms with Crippen molar-refractivity contribution in [2.75, 3.05) is 5.73 Å². The third-order valence-corrected chi connectivity index (χ3v) is 4.54. The summed E-state index contributed by atoms with van der Waals surface area (Å²) in [4.78, 5) is 21.9. The monoisotopic (exact) mass is 315 g/mol. The molecule has 0 aromatic heterocycles. The maximum Gasteiger partial charge on any atom is 0.244 e. The Morgan fingerprint density at radius 2 is 2.05 bits per heavy atom. The summed E-state index contributed by atoms with van der Waals surface area (Å²) in [6, 6.07) is 1.17. The van der Waals surface area contributed by atoms with E-state index >= 15 is 0 Å². The number of sulfonamides is 1. The normalized spacial score (nSPS) is 19.4. The Morgan fingerprint density at radius 3 is 2.67 bits per heavy atom. The molecule has 1 aromatic carbocycles. The zero-order chi connectivity index (χ0) is 15.8. The number of piperidine rings is 1. The van der Waals surface area contributed by atoms with E-state index < -0.39 is 38.6 Å². The molecule has 1 saturated heterocycles. The molecule has 4 N–H and O–H groups in total. The Balaban J connectivity index is 2.31. The first-order valence-corrected chi connectivity index (χ1v) is 7.60. The van der Waals surface area contributed by atoms with Gasteiger partial charge in [0.25, 0.3) is 0 Å². The number of nitrogen functional groups attached to an aromatic ring is 1. The summed E-state index contributed by atoms with van der Waals surface area (Å²) in [6.07, 6.45) is 0.0319. The molecule has 114 valence electrons. The van der Waals surface area contributed by atoms with Gasteiger partial charge in [0, 0.05) is 12.1 Å². The largest absolute Gasteiger partial charge is 0.399 e. The average molecular weight is 315 g/mol. The molecule has 2 amide bonds. The van der Waals surface area contributed by atoms with Crippen molar-refractivity contribution in [1.82, 2.24) is 10.0 Å². The molecule has 21 heavy (non-hydrogen) atoms. The molecule has 1 fully saturated rings. The van der Waals surface area contributed by atoms with Crippen molar-refractivity contribution in [3.05, 3.63) is 23.5 Å². The summed E-state index contributed by atoms with van der Waals surface area (Å²) in [7, 11) is -4.26. The van der Waals surface area contributed by atoms with E-state index in [4.69, 9.17) is 5.73 Å². The highest BCUT2D eigenvalue weighted by atomic mass is 32.2. The molecule has 0 bridgehead atoms. The molecule has 2 rings (SSSR count). The quantitative estimate of drug-likeness (QED) is 0.527. The van der Waals surface area contributed by atoms with Crippen LogP contribution in [0, 0.1) is 12.7 Å². The van der Waals surface area contributed by atoms with E-state index in [-0.39, 0.29) is 24.1 Å². The molecule has 0 saturated carbocycles. The first-order chi connectivity index (χ1) is 9.70. The smallest absolute Gasteiger partial charge is 0.244 e. The van der Waals surface area contributed by atoms with Crippen LogP contribution in [0.5, 0.6) is 0 Å². The highest BCUT2D eigenvalue weighted by Crippen LogP contribution is 2.22. The molecule has 0 radical (unpaired) electrons. The van der Waals surface area contributed by atoms with Crippen molar-refractivity contribution in [2.45, 2.75) is 30.7 Å². The average Bonchev–Trinajstić information content (AvgIpc) is 2.37. The van der Waals surface area contributed by atoms with E-state index in [1.165, 1.54) is 13.0 Å². The lowest BCUT2D eigenvalue weighted by Gasteiger charge is -2.22. The number of hydrogen-bond donors (Lipinski definition) is 3. The Hall–Kier alpha value is -2.00. The van der Waals surface area contributed by atoms with Crippen LogP contribution < -0.4 is 15.8 Å². The lowest BCUT2D eigenvalue weighted by molar-refractivity contribution is -0.134. The minimum absolute atomic E-state index is 0.0113. The minimum Gasteiger partial charge on any atom is -0.399 e. The van der Waals surface area contributed by atoms with Crippen LogP contribution >= 0.6 is 0 Å². The Kier molecular flexibility index (Phi) is 3.97. The van der Waals surface area contributed by atoms with Crippen LogP contribution in [0.3, 0.4) is 0 Å². The van der Waals surface area contributed by atoms with Gasteiger partial charge in [0.1, 0.15) is 16.8 Å². The molecular weight excluding hydrogens is 301 g/mol. The Bertz CT molecular complexity index is 717. The van der Waals surface area contributed by atoms with Gasteiger partial charge in [-0.1, -0.05) is 0 Å². The van der Waals surface area contributed by atoms with Crippen LogP contribution in [0.2, 0.25) is 0 Å². The molecule has 7 nitrogen and oxygen atoms in total. The molecule has 1 heterocycles. The Morgan fingerprint density at radius 1 is 1.38 bits per heavy atom. The second-order valence-electron chi connectivity index (χ2n) is 4.77. The number of benzene rings is 1. The molecule has 0 spiro atoms. The van der Waals surface area contributed by atoms with Crippen LogP contribution in [0.15, 0.2) is 17.0 Å². The van der Waals surface area contributed by atoms with Gasteiger partial charge < -0.3 is 5.73 Å². The summed E-state index contributed by atoms with van der Waals surface area (Å²) >= 11 is 0. The van der Waals surface area contributed by atoms with Gasteiger partial charge in [-0.2, -0.15) is 4.72 Å². The van der Waals surface area contributed by atoms with E-state index in [1.54, 1.807) is 0 Å². The number of nitrogens with one attached hydrogen (secondary N) is 2. The number of carbonyl (C=O) groups excluding carboxylic acids is 2. The zero-order valence-corrected chi connectivity index (χ0v) is 12.0. The summed E-state index contributed by atoms with van der Waals surface area (Å²) < 4.78 is 40.4. The standard InChI is InChI=1S/C12H14FN3O4S/c1-6-4-7(14)5-9(11(6)13)21(19,20)16-8-2-3-10(17)15-12(8)18/h4-5,8,16H,2-3,14H2,1H3,(H,15,17,18). The van der Waals surface area contributed by atoms with Crippen molar-refractivity contribution >= 4 is 27.5 Å². The van der Waals surface area contributed by atoms with Gasteiger partial charge in [-0.3, -0.25) is 14.9 Å². The van der Waals surface area contributed by atoms with E-state index in [1.807, 2.05) is 5.32 Å². The fourth-order valence-electron chi connectivity index (χ4n) is 2.02. The van der Waals surface area contributed by atoms with Crippen LogP contribution in [0.4, 0.5) is 10.1 Å². The van der Waals surface area contributed by atoms with Gasteiger partial charge in [-0.15, -0.1) is 0 Å². The van der Waals surface area contributed by atoms with E-state index in [9.17, 15) is 22.4 Å². The van der Waals surface area contributed by atoms with Gasteiger partial charge in [-0.05, 0) is 31.0 Å². The minimum atomic E-state index is -4.26. The maximum atomic E-state index is 14.0. The van der Waals surface area contributed by atoms with Crippen LogP contribution in [-0.4, -0.2) is 26.3 Å². The number of imide groups is 1. The fraction of sp³-hybridized carbons (Fsp3) is 0.333. The number of carbonyl (C=O) groups is 2. The van der Waals surface area contributed by atoms with Gasteiger partial charge >= 0.3 is 0 Å². The van der Waals surface area contributed by atoms with Gasteiger partial charge in [-0.25, -0.2) is 12.8 Å². The topological polar surface area (TPSA) is 118 Å². The number of nitrogens with two attached hydrogens (primary N) is 1. The summed E-state index contributed by atoms with van der Waals surface area (Å²) in [5.41, 5.74) is 5.70. The van der Waals surface area contributed by atoms with Gasteiger partial charge in [0.15, 0.2) is 0 Å². The number of halogens is 1. The first-order valence-electron chi connectivity index (χ1n) is 6.12. The van der Waals surface area contributed by atoms with Crippen molar-refractivity contribution in [3.63, 3.8) is 0 Å². The number of anilines is 1. The molecule has 0 aliphatic carbocycles. The summed E-state index contributed by atoms with van der Waals surface area (Å²) in [5.74, 6) is -2.15. The maximum absolute atomic E-state index is 14.0. The van der Waals surface area contributed by atoms with Crippen LogP contribution in [0.1, 0.15) is 18.4 Å². The molecule has 1 aromatic rings. The van der Waals surface area contributed by atoms with Crippen molar-refractivity contribution in [2.24, 2.45) is 0 Å². The van der Waals surface area contributed by atoms with Crippen molar-refractivity contribution in [3.8, 4) is 0 Å². The highest BCUT2D eigenvalue weighted by Gasteiger charge is 2.32. The Labute approximate surface area is 120 Å². The third-order valence-electron chi connectivity index (χ3n) is 3.07. The SMILES string of the molecule is Cc1cc(N)cc(S(=O)(=O)NC2CCC(=O)NC2=O)c1F. The molecule has 1 aliphatic heterocycles. The molecular formula is C12H14FN3O4S. The van der Waals surface area contributed by atoms with Crippen molar-refractivity contribution in [1.29, 1.82) is 0 Å². The lowest BCUT2D eigenvalue weighted by atomic mass is 10.1.